The Kier molecular flexibility index (Phi) is 5.40. The second-order valence-corrected chi connectivity index (χ2v) is 8.89. The van der Waals surface area contributed by atoms with Crippen molar-refractivity contribution < 1.29 is 4.74 Å². The number of nitrogens with one attached hydrogen (secondary N) is 2. The van der Waals surface area contributed by atoms with Crippen LogP contribution in [0.4, 0.5) is 0 Å². The third-order valence-corrected chi connectivity index (χ3v) is 6.37. The second-order valence-electron chi connectivity index (χ2n) is 7.38. The minimum atomic E-state index is 0.170. The zero-order valence-corrected chi connectivity index (χ0v) is 15.9. The van der Waals surface area contributed by atoms with E-state index in [0.717, 1.165) is 25.5 Å². The molecule has 5 heteroatoms. The Morgan fingerprint density at radius 3 is 2.83 bits per heavy atom. The Bertz CT molecular complexity index is 575. The van der Waals surface area contributed by atoms with Crippen LogP contribution in [0.5, 0.6) is 0 Å². The molecule has 1 heterocycles. The van der Waals surface area contributed by atoms with Gasteiger partial charge in [-0.2, -0.15) is 0 Å². The Balaban J connectivity index is 1.49. The molecule has 0 aromatic heterocycles. The molecule has 24 heavy (non-hydrogen) atoms. The van der Waals surface area contributed by atoms with E-state index in [1.165, 1.54) is 4.90 Å². The Labute approximate surface area is 149 Å². The van der Waals surface area contributed by atoms with Crippen LogP contribution in [0.25, 0.3) is 0 Å². The van der Waals surface area contributed by atoms with E-state index in [2.05, 4.69) is 66.7 Å². The molecule has 1 aliphatic carbocycles. The van der Waals surface area contributed by atoms with Gasteiger partial charge < -0.3 is 15.4 Å². The third kappa shape index (κ3) is 3.57. The Morgan fingerprint density at radius 2 is 2.12 bits per heavy atom. The van der Waals surface area contributed by atoms with Gasteiger partial charge in [-0.1, -0.05) is 39.0 Å². The van der Waals surface area contributed by atoms with Crippen molar-refractivity contribution >= 4 is 17.7 Å². The van der Waals surface area contributed by atoms with Gasteiger partial charge in [0.2, 0.25) is 0 Å². The highest BCUT2D eigenvalue weighted by Gasteiger charge is 2.59. The summed E-state index contributed by atoms with van der Waals surface area (Å²) in [6.45, 7) is 8.60. The average molecular weight is 348 g/mol. The van der Waals surface area contributed by atoms with Crippen LogP contribution in [0.2, 0.25) is 0 Å². The number of fused-ring (bicyclic) bond motifs is 1. The number of benzene rings is 1. The quantitative estimate of drug-likeness (QED) is 0.488. The smallest absolute Gasteiger partial charge is 0.191 e. The molecule has 4 unspecified atom stereocenters. The van der Waals surface area contributed by atoms with Crippen LogP contribution in [0.15, 0.2) is 40.2 Å². The fourth-order valence-corrected chi connectivity index (χ4v) is 4.92. The van der Waals surface area contributed by atoms with Gasteiger partial charge >= 0.3 is 0 Å². The molecule has 1 aromatic rings. The van der Waals surface area contributed by atoms with Crippen molar-refractivity contribution in [3.8, 4) is 0 Å². The first-order valence-electron chi connectivity index (χ1n) is 8.83. The zero-order valence-electron chi connectivity index (χ0n) is 15.1. The first-order chi connectivity index (χ1) is 11.5. The number of hydrogen-bond acceptors (Lipinski definition) is 3. The van der Waals surface area contributed by atoms with E-state index in [1.54, 1.807) is 0 Å². The largest absolute Gasteiger partial charge is 0.377 e. The number of ether oxygens (including phenoxy) is 1. The van der Waals surface area contributed by atoms with Gasteiger partial charge in [0.25, 0.3) is 0 Å². The summed E-state index contributed by atoms with van der Waals surface area (Å²) in [7, 11) is 1.85. The van der Waals surface area contributed by atoms with Gasteiger partial charge in [0.15, 0.2) is 5.96 Å². The third-order valence-electron chi connectivity index (χ3n) is 5.25. The fraction of sp³-hybridized carbons (Fsp3) is 0.632. The predicted octanol–water partition coefficient (Wildman–Crippen LogP) is 3.15. The molecule has 2 aliphatic rings. The van der Waals surface area contributed by atoms with Crippen LogP contribution in [0.1, 0.15) is 27.2 Å². The normalized spacial score (nSPS) is 29.5. The van der Waals surface area contributed by atoms with E-state index in [4.69, 9.17) is 4.74 Å². The van der Waals surface area contributed by atoms with E-state index in [1.807, 2.05) is 18.8 Å². The molecule has 0 bridgehead atoms. The average Bonchev–Trinajstić information content (AvgIpc) is 3.03. The highest BCUT2D eigenvalue weighted by Crippen LogP contribution is 2.52. The van der Waals surface area contributed by atoms with Crippen LogP contribution in [0, 0.1) is 11.3 Å². The lowest BCUT2D eigenvalue weighted by molar-refractivity contribution is -0.106. The molecule has 4 nitrogen and oxygen atoms in total. The lowest BCUT2D eigenvalue weighted by Crippen LogP contribution is -2.68. The number of nitrogens with zero attached hydrogens (tertiary/aromatic N) is 1. The number of aliphatic imine (C=N–C) groups is 1. The van der Waals surface area contributed by atoms with Gasteiger partial charge in [-0.05, 0) is 18.6 Å². The predicted molar refractivity (Wildman–Crippen MR) is 102 cm³/mol. The van der Waals surface area contributed by atoms with Crippen molar-refractivity contribution in [3.63, 3.8) is 0 Å². The summed E-state index contributed by atoms with van der Waals surface area (Å²) in [5.41, 5.74) is 0.170. The SMILES string of the molecule is CN=C(NCC(C)Sc1ccccc1)NC1C2CCOC2C1(C)C. The molecule has 1 aromatic carbocycles. The molecular formula is C19H29N3OS. The molecule has 1 aliphatic heterocycles. The van der Waals surface area contributed by atoms with Crippen molar-refractivity contribution in [2.45, 2.75) is 49.5 Å². The minimum Gasteiger partial charge on any atom is -0.377 e. The van der Waals surface area contributed by atoms with Gasteiger partial charge in [-0.15, -0.1) is 11.8 Å². The summed E-state index contributed by atoms with van der Waals surface area (Å²) >= 11 is 1.88. The lowest BCUT2D eigenvalue weighted by Gasteiger charge is -2.54. The molecule has 2 N–H and O–H groups in total. The minimum absolute atomic E-state index is 0.170. The molecule has 3 rings (SSSR count). The topological polar surface area (TPSA) is 45.7 Å². The molecular weight excluding hydrogens is 318 g/mol. The zero-order chi connectivity index (χ0) is 17.2. The first-order valence-corrected chi connectivity index (χ1v) is 9.71. The molecule has 0 amide bonds. The number of thioether (sulfide) groups is 1. The number of rotatable bonds is 5. The number of hydrogen-bond donors (Lipinski definition) is 2. The van der Waals surface area contributed by atoms with Crippen molar-refractivity contribution in [3.05, 3.63) is 30.3 Å². The molecule has 4 atom stereocenters. The second kappa shape index (κ2) is 7.36. The van der Waals surface area contributed by atoms with Crippen LogP contribution in [0.3, 0.4) is 0 Å². The maximum absolute atomic E-state index is 5.87. The standard InChI is InChI=1S/C19H29N3OS/c1-13(24-14-8-6-5-7-9-14)12-21-18(20-4)22-16-15-10-11-23-17(15)19(16,2)3/h5-9,13,15-17H,10-12H2,1-4H3,(H2,20,21,22). The summed E-state index contributed by atoms with van der Waals surface area (Å²) in [6.07, 6.45) is 1.56. The van der Waals surface area contributed by atoms with Crippen LogP contribution >= 0.6 is 11.8 Å². The fourth-order valence-electron chi connectivity index (χ4n) is 3.97. The highest BCUT2D eigenvalue weighted by atomic mass is 32.2. The monoisotopic (exact) mass is 347 g/mol. The number of guanidine groups is 1. The van der Waals surface area contributed by atoms with Gasteiger partial charge in [0.05, 0.1) is 6.10 Å². The highest BCUT2D eigenvalue weighted by molar-refractivity contribution is 8.00. The Hall–Kier alpha value is -1.20. The molecule has 0 spiro atoms. The molecule has 1 saturated heterocycles. The van der Waals surface area contributed by atoms with Crippen molar-refractivity contribution in [1.82, 2.24) is 10.6 Å². The van der Waals surface area contributed by atoms with Crippen LogP contribution < -0.4 is 10.6 Å². The van der Waals surface area contributed by atoms with Crippen molar-refractivity contribution in [2.75, 3.05) is 20.2 Å². The van der Waals surface area contributed by atoms with Crippen molar-refractivity contribution in [2.24, 2.45) is 16.3 Å². The van der Waals surface area contributed by atoms with E-state index in [9.17, 15) is 0 Å². The summed E-state index contributed by atoms with van der Waals surface area (Å²) in [4.78, 5) is 5.72. The van der Waals surface area contributed by atoms with E-state index in [-0.39, 0.29) is 5.41 Å². The van der Waals surface area contributed by atoms with E-state index < -0.39 is 0 Å². The van der Waals surface area contributed by atoms with E-state index in [0.29, 0.717) is 23.3 Å². The lowest BCUT2D eigenvalue weighted by atomic mass is 9.57. The van der Waals surface area contributed by atoms with Gasteiger partial charge in [-0.25, -0.2) is 0 Å². The summed E-state index contributed by atoms with van der Waals surface area (Å²) < 4.78 is 5.87. The van der Waals surface area contributed by atoms with Gasteiger partial charge in [0.1, 0.15) is 0 Å². The van der Waals surface area contributed by atoms with Gasteiger partial charge in [-0.3, -0.25) is 4.99 Å². The van der Waals surface area contributed by atoms with Crippen molar-refractivity contribution in [1.29, 1.82) is 0 Å². The molecule has 0 radical (unpaired) electrons. The molecule has 132 valence electrons. The van der Waals surface area contributed by atoms with Crippen LogP contribution in [-0.4, -0.2) is 43.6 Å². The maximum atomic E-state index is 5.87. The van der Waals surface area contributed by atoms with Crippen LogP contribution in [-0.2, 0) is 4.74 Å². The summed E-state index contributed by atoms with van der Waals surface area (Å²) in [5, 5.41) is 7.59. The van der Waals surface area contributed by atoms with E-state index >= 15 is 0 Å². The molecule has 1 saturated carbocycles. The Morgan fingerprint density at radius 1 is 1.38 bits per heavy atom. The summed E-state index contributed by atoms with van der Waals surface area (Å²) in [6, 6.07) is 11.0. The first kappa shape index (κ1) is 17.6. The van der Waals surface area contributed by atoms with Gasteiger partial charge in [0, 0.05) is 47.7 Å². The maximum Gasteiger partial charge on any atom is 0.191 e. The summed E-state index contributed by atoms with van der Waals surface area (Å²) in [5.74, 6) is 1.52. The molecule has 2 fully saturated rings.